The fraction of sp³-hybridized carbons (Fsp3) is 0.200. The summed E-state index contributed by atoms with van der Waals surface area (Å²) < 4.78 is 0. The first-order valence-electron chi connectivity index (χ1n) is 4.11. The van der Waals surface area contributed by atoms with Gasteiger partial charge in [0.05, 0.1) is 0 Å². The highest BCUT2D eigenvalue weighted by molar-refractivity contribution is 6.34. The van der Waals surface area contributed by atoms with Gasteiger partial charge in [0, 0.05) is 12.5 Å². The van der Waals surface area contributed by atoms with Gasteiger partial charge in [-0.2, -0.15) is 0 Å². The first kappa shape index (κ1) is 10.7. The molecule has 1 aromatic carbocycles. The van der Waals surface area contributed by atoms with Crippen LogP contribution >= 0.6 is 11.6 Å². The number of carbonyl (C=O) groups is 2. The van der Waals surface area contributed by atoms with Gasteiger partial charge in [-0.3, -0.25) is 9.59 Å². The number of ketones is 1. The van der Waals surface area contributed by atoms with Crippen LogP contribution in [0.2, 0.25) is 0 Å². The molecule has 0 saturated carbocycles. The van der Waals surface area contributed by atoms with E-state index < -0.39 is 5.50 Å². The molecule has 1 amide bonds. The predicted octanol–water partition coefficient (Wildman–Crippen LogP) is 1.57. The Bertz CT molecular complexity index is 337. The molecule has 0 saturated heterocycles. The first-order valence-corrected chi connectivity index (χ1v) is 4.55. The number of benzene rings is 1. The molecule has 0 radical (unpaired) electrons. The number of hydrogen-bond donors (Lipinski definition) is 1. The van der Waals surface area contributed by atoms with Crippen LogP contribution in [0.4, 0.5) is 0 Å². The van der Waals surface area contributed by atoms with Crippen molar-refractivity contribution in [3.05, 3.63) is 35.9 Å². The molecule has 0 fully saturated rings. The molecule has 3 nitrogen and oxygen atoms in total. The van der Waals surface area contributed by atoms with E-state index in [2.05, 4.69) is 5.32 Å². The van der Waals surface area contributed by atoms with Gasteiger partial charge in [-0.15, -0.1) is 0 Å². The summed E-state index contributed by atoms with van der Waals surface area (Å²) in [6.07, 6.45) is 0. The molecule has 0 unspecified atom stereocenters. The van der Waals surface area contributed by atoms with E-state index in [4.69, 9.17) is 11.6 Å². The second kappa shape index (κ2) is 4.77. The van der Waals surface area contributed by atoms with Gasteiger partial charge in [0.15, 0.2) is 11.3 Å². The molecular formula is C10H10ClNO2. The number of halogens is 1. The summed E-state index contributed by atoms with van der Waals surface area (Å²) in [7, 11) is 0. The van der Waals surface area contributed by atoms with E-state index in [0.717, 1.165) is 0 Å². The van der Waals surface area contributed by atoms with Crippen molar-refractivity contribution in [1.29, 1.82) is 0 Å². The molecule has 0 bridgehead atoms. The Morgan fingerprint density at radius 3 is 2.36 bits per heavy atom. The van der Waals surface area contributed by atoms with Crippen molar-refractivity contribution in [2.75, 3.05) is 0 Å². The molecule has 74 valence electrons. The Morgan fingerprint density at radius 2 is 1.86 bits per heavy atom. The molecule has 0 spiro atoms. The van der Waals surface area contributed by atoms with E-state index >= 15 is 0 Å². The van der Waals surface area contributed by atoms with Gasteiger partial charge in [0.1, 0.15) is 0 Å². The number of alkyl halides is 1. The van der Waals surface area contributed by atoms with E-state index in [1.807, 2.05) is 0 Å². The summed E-state index contributed by atoms with van der Waals surface area (Å²) in [5.41, 5.74) is -0.504. The average molecular weight is 212 g/mol. The fourth-order valence-corrected chi connectivity index (χ4v) is 1.27. The normalized spacial score (nSPS) is 11.9. The lowest BCUT2D eigenvalue weighted by Gasteiger charge is -2.08. The standard InChI is InChI=1S/C10H10ClNO2/c1-7(13)12-10(11)9(14)8-5-3-2-4-6-8/h2-6,10H,1H3,(H,12,13)/t10-/m0/s1. The third kappa shape index (κ3) is 2.85. The maximum atomic E-state index is 11.5. The van der Waals surface area contributed by atoms with Gasteiger partial charge in [-0.25, -0.2) is 0 Å². The summed E-state index contributed by atoms with van der Waals surface area (Å²) >= 11 is 5.68. The number of nitrogens with one attached hydrogen (secondary N) is 1. The van der Waals surface area contributed by atoms with Crippen LogP contribution in [0.15, 0.2) is 30.3 Å². The maximum Gasteiger partial charge on any atom is 0.218 e. The molecule has 0 heterocycles. The van der Waals surface area contributed by atoms with Crippen LogP contribution in [0.25, 0.3) is 0 Å². The summed E-state index contributed by atoms with van der Waals surface area (Å²) in [6, 6.07) is 8.59. The van der Waals surface area contributed by atoms with Gasteiger partial charge < -0.3 is 5.32 Å². The van der Waals surface area contributed by atoms with E-state index in [9.17, 15) is 9.59 Å². The van der Waals surface area contributed by atoms with Crippen molar-refractivity contribution in [2.24, 2.45) is 0 Å². The highest BCUT2D eigenvalue weighted by Gasteiger charge is 2.17. The van der Waals surface area contributed by atoms with Crippen LogP contribution < -0.4 is 5.32 Å². The Kier molecular flexibility index (Phi) is 3.65. The van der Waals surface area contributed by atoms with Crippen molar-refractivity contribution in [1.82, 2.24) is 5.32 Å². The number of rotatable bonds is 3. The monoisotopic (exact) mass is 211 g/mol. The number of carbonyl (C=O) groups excluding carboxylic acids is 2. The second-order valence-electron chi connectivity index (χ2n) is 2.79. The molecule has 0 aliphatic heterocycles. The van der Waals surface area contributed by atoms with Crippen molar-refractivity contribution < 1.29 is 9.59 Å². The SMILES string of the molecule is CC(=O)N[C@H](Cl)C(=O)c1ccccc1. The zero-order chi connectivity index (χ0) is 10.6. The lowest BCUT2D eigenvalue weighted by atomic mass is 10.1. The number of amides is 1. The zero-order valence-corrected chi connectivity index (χ0v) is 8.41. The molecule has 0 aromatic heterocycles. The molecular weight excluding hydrogens is 202 g/mol. The topological polar surface area (TPSA) is 46.2 Å². The minimum Gasteiger partial charge on any atom is -0.334 e. The Morgan fingerprint density at radius 1 is 1.29 bits per heavy atom. The smallest absolute Gasteiger partial charge is 0.218 e. The molecule has 1 atom stereocenters. The Labute approximate surface area is 87.1 Å². The van der Waals surface area contributed by atoms with Gasteiger partial charge >= 0.3 is 0 Å². The predicted molar refractivity (Wildman–Crippen MR) is 54.2 cm³/mol. The van der Waals surface area contributed by atoms with E-state index in [1.165, 1.54) is 6.92 Å². The van der Waals surface area contributed by atoms with E-state index in [1.54, 1.807) is 30.3 Å². The van der Waals surface area contributed by atoms with Crippen molar-refractivity contribution in [2.45, 2.75) is 12.4 Å². The lowest BCUT2D eigenvalue weighted by molar-refractivity contribution is -0.119. The maximum absolute atomic E-state index is 11.5. The van der Waals surface area contributed by atoms with Crippen LogP contribution in [-0.2, 0) is 4.79 Å². The van der Waals surface area contributed by atoms with Crippen LogP contribution in [0, 0.1) is 0 Å². The minimum absolute atomic E-state index is 0.303. The molecule has 1 N–H and O–H groups in total. The molecule has 14 heavy (non-hydrogen) atoms. The van der Waals surface area contributed by atoms with E-state index in [0.29, 0.717) is 5.56 Å². The summed E-state index contributed by atoms with van der Waals surface area (Å²) in [6.45, 7) is 1.31. The van der Waals surface area contributed by atoms with Crippen molar-refractivity contribution in [3.63, 3.8) is 0 Å². The van der Waals surface area contributed by atoms with Crippen LogP contribution in [-0.4, -0.2) is 17.2 Å². The summed E-state index contributed by atoms with van der Waals surface area (Å²) in [5, 5.41) is 2.32. The molecule has 0 aliphatic carbocycles. The second-order valence-corrected chi connectivity index (χ2v) is 3.23. The van der Waals surface area contributed by atoms with Crippen molar-refractivity contribution in [3.8, 4) is 0 Å². The molecule has 1 rings (SSSR count). The van der Waals surface area contributed by atoms with Gasteiger partial charge in [-0.1, -0.05) is 41.9 Å². The van der Waals surface area contributed by atoms with Gasteiger partial charge in [-0.05, 0) is 0 Å². The zero-order valence-electron chi connectivity index (χ0n) is 7.66. The van der Waals surface area contributed by atoms with Crippen molar-refractivity contribution >= 4 is 23.3 Å². The fourth-order valence-electron chi connectivity index (χ4n) is 0.993. The summed E-state index contributed by atoms with van der Waals surface area (Å²) in [4.78, 5) is 22.2. The van der Waals surface area contributed by atoms with Gasteiger partial charge in [0.2, 0.25) is 5.91 Å². The number of hydrogen-bond acceptors (Lipinski definition) is 2. The minimum atomic E-state index is -0.991. The van der Waals surface area contributed by atoms with Crippen LogP contribution in [0.1, 0.15) is 17.3 Å². The average Bonchev–Trinajstić information content (AvgIpc) is 2.17. The Balaban J connectivity index is 2.71. The lowest BCUT2D eigenvalue weighted by Crippen LogP contribution is -2.35. The molecule has 0 aliphatic rings. The largest absolute Gasteiger partial charge is 0.334 e. The quantitative estimate of drug-likeness (QED) is 0.469. The third-order valence-electron chi connectivity index (χ3n) is 1.62. The van der Waals surface area contributed by atoms with Gasteiger partial charge in [0.25, 0.3) is 0 Å². The molecule has 4 heteroatoms. The highest BCUT2D eigenvalue weighted by atomic mass is 35.5. The van der Waals surface area contributed by atoms with Crippen LogP contribution in [0.3, 0.4) is 0 Å². The van der Waals surface area contributed by atoms with Crippen LogP contribution in [0.5, 0.6) is 0 Å². The highest BCUT2D eigenvalue weighted by Crippen LogP contribution is 2.05. The number of Topliss-reactive ketones (excluding diaryl/α,β-unsaturated/α-hetero) is 1. The third-order valence-corrected chi connectivity index (χ3v) is 1.93. The summed E-state index contributed by atoms with van der Waals surface area (Å²) in [5.74, 6) is -0.628. The Hall–Kier alpha value is -1.35. The first-order chi connectivity index (χ1) is 6.61. The molecule has 1 aromatic rings. The van der Waals surface area contributed by atoms with E-state index in [-0.39, 0.29) is 11.7 Å².